The fourth-order valence-corrected chi connectivity index (χ4v) is 4.37. The van der Waals surface area contributed by atoms with Gasteiger partial charge >= 0.3 is 5.97 Å². The smallest absolute Gasteiger partial charge is 0.306 e. The minimum absolute atomic E-state index is 0.139. The summed E-state index contributed by atoms with van der Waals surface area (Å²) in [7, 11) is 1.80. The number of carboxylic acids is 1. The Balaban J connectivity index is 1.52. The van der Waals surface area contributed by atoms with Gasteiger partial charge in [0, 0.05) is 12.5 Å². The first kappa shape index (κ1) is 26.0. The highest BCUT2D eigenvalue weighted by Gasteiger charge is 2.28. The van der Waals surface area contributed by atoms with Crippen molar-refractivity contribution in [1.29, 1.82) is 5.26 Å². The molecule has 0 aromatic carbocycles. The van der Waals surface area contributed by atoms with Crippen molar-refractivity contribution in [3.05, 3.63) is 41.0 Å². The number of rotatable bonds is 7. The van der Waals surface area contributed by atoms with Crippen LogP contribution in [0.25, 0.3) is 11.4 Å². The Morgan fingerprint density at radius 1 is 1.27 bits per heavy atom. The molecule has 11 heteroatoms. The fourth-order valence-electron chi connectivity index (χ4n) is 4.37. The van der Waals surface area contributed by atoms with Crippen molar-refractivity contribution >= 4 is 11.9 Å². The molecule has 2 atom stereocenters. The Kier molecular flexibility index (Phi) is 7.38. The van der Waals surface area contributed by atoms with E-state index in [0.29, 0.717) is 53.9 Å². The number of aryl methyl sites for hydroxylation is 2. The maximum absolute atomic E-state index is 11.4. The number of aromatic nitrogens is 6. The summed E-state index contributed by atoms with van der Waals surface area (Å²) in [6.07, 6.45) is 2.72. The summed E-state index contributed by atoms with van der Waals surface area (Å²) in [5.41, 5.74) is 3.56. The zero-order valence-corrected chi connectivity index (χ0v) is 21.8. The molecule has 0 amide bonds. The van der Waals surface area contributed by atoms with Gasteiger partial charge in [-0.25, -0.2) is 19.6 Å². The van der Waals surface area contributed by atoms with Gasteiger partial charge in [-0.2, -0.15) is 5.26 Å². The van der Waals surface area contributed by atoms with Gasteiger partial charge in [0.2, 0.25) is 5.95 Å². The van der Waals surface area contributed by atoms with Crippen LogP contribution in [0.3, 0.4) is 0 Å². The van der Waals surface area contributed by atoms with Crippen molar-refractivity contribution < 1.29 is 14.6 Å². The molecule has 2 N–H and O–H groups in total. The zero-order valence-electron chi connectivity index (χ0n) is 21.8. The van der Waals surface area contributed by atoms with E-state index in [0.717, 1.165) is 24.2 Å². The van der Waals surface area contributed by atoms with Crippen molar-refractivity contribution in [2.24, 2.45) is 13.0 Å². The molecule has 0 bridgehead atoms. The maximum Gasteiger partial charge on any atom is 0.306 e. The van der Waals surface area contributed by atoms with E-state index in [4.69, 9.17) is 9.72 Å². The monoisotopic (exact) mass is 504 g/mol. The first-order chi connectivity index (χ1) is 17.5. The summed E-state index contributed by atoms with van der Waals surface area (Å²) in [4.78, 5) is 25.0. The van der Waals surface area contributed by atoms with Crippen LogP contribution in [0.15, 0.2) is 18.2 Å². The number of anilines is 1. The molecule has 0 unspecified atom stereocenters. The van der Waals surface area contributed by atoms with E-state index < -0.39 is 5.97 Å². The van der Waals surface area contributed by atoms with E-state index in [1.54, 1.807) is 17.8 Å². The highest BCUT2D eigenvalue weighted by molar-refractivity contribution is 5.70. The first-order valence-corrected chi connectivity index (χ1v) is 12.3. The molecule has 1 aliphatic carbocycles. The number of hydrogen-bond acceptors (Lipinski definition) is 9. The maximum atomic E-state index is 11.4. The van der Waals surface area contributed by atoms with Crippen molar-refractivity contribution in [2.45, 2.75) is 71.4 Å². The number of carbonyl (C=O) groups is 1. The van der Waals surface area contributed by atoms with Crippen LogP contribution in [0.2, 0.25) is 0 Å². The molecule has 0 spiro atoms. The Hall–Kier alpha value is -4.07. The molecule has 1 aliphatic rings. The lowest BCUT2D eigenvalue weighted by molar-refractivity contribution is -0.143. The number of pyridine rings is 1. The molecule has 1 saturated carbocycles. The predicted molar refractivity (Wildman–Crippen MR) is 136 cm³/mol. The molecular weight excluding hydrogens is 472 g/mol. The number of aliphatic carboxylic acids is 1. The summed E-state index contributed by atoms with van der Waals surface area (Å²) in [6, 6.07) is 7.48. The highest BCUT2D eigenvalue weighted by atomic mass is 16.5. The summed E-state index contributed by atoms with van der Waals surface area (Å²) in [5.74, 6) is -0.129. The van der Waals surface area contributed by atoms with Crippen LogP contribution in [0.4, 0.5) is 5.95 Å². The molecular formula is C26H32N8O3. The van der Waals surface area contributed by atoms with Gasteiger partial charge in [-0.3, -0.25) is 4.79 Å². The predicted octanol–water partition coefficient (Wildman–Crippen LogP) is 3.78. The number of nitrogens with zero attached hydrogens (tertiary/aromatic N) is 7. The summed E-state index contributed by atoms with van der Waals surface area (Å²) < 4.78 is 7.80. The van der Waals surface area contributed by atoms with E-state index >= 15 is 0 Å². The van der Waals surface area contributed by atoms with E-state index in [1.165, 1.54) is 0 Å². The van der Waals surface area contributed by atoms with Gasteiger partial charge in [-0.15, -0.1) is 5.10 Å². The molecule has 4 rings (SSSR count). The van der Waals surface area contributed by atoms with E-state index in [9.17, 15) is 15.2 Å². The molecule has 0 saturated heterocycles. The van der Waals surface area contributed by atoms with Crippen LogP contribution in [0.5, 0.6) is 5.75 Å². The van der Waals surface area contributed by atoms with E-state index in [1.807, 2.05) is 39.8 Å². The van der Waals surface area contributed by atoms with Crippen molar-refractivity contribution in [1.82, 2.24) is 29.9 Å². The Labute approximate surface area is 215 Å². The third-order valence-electron chi connectivity index (χ3n) is 6.51. The van der Waals surface area contributed by atoms with Gasteiger partial charge < -0.3 is 15.2 Å². The van der Waals surface area contributed by atoms with Crippen LogP contribution in [0.1, 0.15) is 69.2 Å². The van der Waals surface area contributed by atoms with Crippen LogP contribution >= 0.6 is 0 Å². The second-order valence-electron chi connectivity index (χ2n) is 10.4. The molecule has 1 fully saturated rings. The van der Waals surface area contributed by atoms with Gasteiger partial charge in [-0.05, 0) is 50.8 Å². The number of nitriles is 1. The van der Waals surface area contributed by atoms with E-state index in [2.05, 4.69) is 31.7 Å². The quantitative estimate of drug-likeness (QED) is 0.486. The van der Waals surface area contributed by atoms with Crippen molar-refractivity contribution in [2.75, 3.05) is 5.32 Å². The van der Waals surface area contributed by atoms with Crippen LogP contribution in [-0.2, 0) is 23.8 Å². The average molecular weight is 505 g/mol. The highest BCUT2D eigenvalue weighted by Crippen LogP contribution is 2.30. The first-order valence-electron chi connectivity index (χ1n) is 12.3. The molecule has 37 heavy (non-hydrogen) atoms. The number of ether oxygens (including phenoxy) is 1. The van der Waals surface area contributed by atoms with Crippen LogP contribution in [-0.4, -0.2) is 47.1 Å². The second-order valence-corrected chi connectivity index (χ2v) is 10.4. The number of hydrogen-bond donors (Lipinski definition) is 2. The van der Waals surface area contributed by atoms with Crippen molar-refractivity contribution in [3.63, 3.8) is 0 Å². The Morgan fingerprint density at radius 3 is 2.73 bits per heavy atom. The van der Waals surface area contributed by atoms with Gasteiger partial charge in [0.25, 0.3) is 0 Å². The molecule has 0 aliphatic heterocycles. The molecule has 0 radical (unpaired) electrons. The third-order valence-corrected chi connectivity index (χ3v) is 6.51. The Morgan fingerprint density at radius 2 is 2.05 bits per heavy atom. The van der Waals surface area contributed by atoms with E-state index in [-0.39, 0.29) is 17.4 Å². The standard InChI is InChI=1S/C26H32N8O3/c1-15-21(37-18-8-6-7-16(11-18)24(35)36)10-9-19(29-15)23-20(34(5)33-32-23)14-28-25-30-17(13-27)12-22(31-25)26(2,3)4/h9-10,12,16,18H,6-8,11,14H2,1-5H3,(H,35,36)(H,28,30,31)/t16-,18-/m0/s1. The summed E-state index contributed by atoms with van der Waals surface area (Å²) in [5, 5.41) is 30.4. The molecule has 3 aromatic heterocycles. The lowest BCUT2D eigenvalue weighted by Gasteiger charge is -2.27. The minimum atomic E-state index is -0.762. The van der Waals surface area contributed by atoms with Crippen LogP contribution < -0.4 is 10.1 Å². The number of carboxylic acid groups (broad SMARTS) is 1. The molecule has 11 nitrogen and oxygen atoms in total. The fraction of sp³-hybridized carbons (Fsp3) is 0.500. The normalized spacial score (nSPS) is 17.7. The van der Waals surface area contributed by atoms with Crippen molar-refractivity contribution in [3.8, 4) is 23.2 Å². The minimum Gasteiger partial charge on any atom is -0.489 e. The second kappa shape index (κ2) is 10.5. The molecule has 3 aromatic rings. The summed E-state index contributed by atoms with van der Waals surface area (Å²) >= 11 is 0. The Bertz CT molecular complexity index is 1340. The van der Waals surface area contributed by atoms with Gasteiger partial charge in [0.05, 0.1) is 41.3 Å². The largest absolute Gasteiger partial charge is 0.489 e. The lowest BCUT2D eigenvalue weighted by atomic mass is 9.87. The third kappa shape index (κ3) is 6.02. The topological polar surface area (TPSA) is 152 Å². The van der Waals surface area contributed by atoms with Gasteiger partial charge in [0.1, 0.15) is 23.2 Å². The zero-order chi connectivity index (χ0) is 26.7. The summed E-state index contributed by atoms with van der Waals surface area (Å²) in [6.45, 7) is 8.28. The van der Waals surface area contributed by atoms with Gasteiger partial charge in [0.15, 0.2) is 0 Å². The average Bonchev–Trinajstić information content (AvgIpc) is 3.23. The number of nitrogens with one attached hydrogen (secondary N) is 1. The van der Waals surface area contributed by atoms with Gasteiger partial charge in [-0.1, -0.05) is 26.0 Å². The SMILES string of the molecule is Cc1nc(-c2nnn(C)c2CNc2nc(C#N)cc(C(C)(C)C)n2)ccc1O[C@H]1CCC[C@H](C(=O)O)C1. The molecule has 194 valence electrons. The van der Waals surface area contributed by atoms with Crippen LogP contribution in [0, 0.1) is 24.2 Å². The molecule has 3 heterocycles. The lowest BCUT2D eigenvalue weighted by Crippen LogP contribution is -2.29.